The van der Waals surface area contributed by atoms with Crippen molar-refractivity contribution in [3.05, 3.63) is 45.6 Å². The fourth-order valence-electron chi connectivity index (χ4n) is 2.66. The highest BCUT2D eigenvalue weighted by Crippen LogP contribution is 2.37. The third-order valence-corrected chi connectivity index (χ3v) is 4.00. The van der Waals surface area contributed by atoms with Crippen molar-refractivity contribution >= 4 is 5.69 Å². The number of hydrogen-bond donors (Lipinski definition) is 0. The zero-order valence-corrected chi connectivity index (χ0v) is 15.7. The maximum Gasteiger partial charge on any atom is 0.442 e. The normalized spacial score (nSPS) is 11.7. The van der Waals surface area contributed by atoms with Crippen molar-refractivity contribution < 1.29 is 40.8 Å². The Balaban J connectivity index is 1.90. The van der Waals surface area contributed by atoms with Crippen molar-refractivity contribution in [2.45, 2.75) is 26.3 Å². The summed E-state index contributed by atoms with van der Waals surface area (Å²) in [5.74, 6) is -0.589. The number of hydrogen-bond acceptors (Lipinski definition) is 8. The van der Waals surface area contributed by atoms with Gasteiger partial charge in [-0.15, -0.1) is 10.2 Å². The van der Waals surface area contributed by atoms with E-state index in [0.717, 1.165) is 11.6 Å². The van der Waals surface area contributed by atoms with Gasteiger partial charge in [-0.1, -0.05) is 0 Å². The Bertz CT molecular complexity index is 1110. The van der Waals surface area contributed by atoms with Crippen molar-refractivity contribution in [1.82, 2.24) is 20.0 Å². The van der Waals surface area contributed by atoms with Crippen molar-refractivity contribution in [1.29, 1.82) is 0 Å². The molecule has 0 aliphatic heterocycles. The number of aromatic nitrogens is 4. The Hall–Kier alpha value is -3.78. The van der Waals surface area contributed by atoms with Gasteiger partial charge in [0.1, 0.15) is 12.2 Å². The van der Waals surface area contributed by atoms with Crippen LogP contribution in [0.4, 0.5) is 27.6 Å². The molecule has 0 atom stereocenters. The smallest absolute Gasteiger partial charge is 0.442 e. The van der Waals surface area contributed by atoms with Gasteiger partial charge in [0.05, 0.1) is 12.0 Å². The average molecular weight is 449 g/mol. The van der Waals surface area contributed by atoms with Crippen molar-refractivity contribution in [2.24, 2.45) is 0 Å². The number of nitro groups is 1. The topological polar surface area (TPSA) is 118 Å². The molecule has 0 saturated heterocycles. The maximum absolute atomic E-state index is 13.0. The van der Waals surface area contributed by atoms with E-state index in [4.69, 9.17) is 9.15 Å². The van der Waals surface area contributed by atoms with Crippen LogP contribution >= 0.6 is 0 Å². The molecule has 166 valence electrons. The molecular formula is C16H12F5N5O5. The van der Waals surface area contributed by atoms with Crippen molar-refractivity contribution in [3.63, 3.8) is 0 Å². The van der Waals surface area contributed by atoms with Crippen LogP contribution < -0.4 is 9.47 Å². The predicted octanol–water partition coefficient (Wildman–Crippen LogP) is 3.83. The lowest BCUT2D eigenvalue weighted by molar-refractivity contribution is -0.388. The quantitative estimate of drug-likeness (QED) is 0.303. The first-order valence-corrected chi connectivity index (χ1v) is 8.25. The molecule has 3 rings (SSSR count). The standard InChI is InChI=1S/C16H12F5N5O5/c1-7-12(26(27)28)13(16(19,20)21)24-25(7)6-11-22-23-14(31-11)8-3-4-9(30-15(17)18)10(5-8)29-2/h3-5,15H,6H2,1-2H3. The summed E-state index contributed by atoms with van der Waals surface area (Å²) in [5, 5.41) is 21.7. The molecular weight excluding hydrogens is 437 g/mol. The van der Waals surface area contributed by atoms with Crippen LogP contribution in [0.1, 0.15) is 17.3 Å². The zero-order valence-electron chi connectivity index (χ0n) is 15.7. The summed E-state index contributed by atoms with van der Waals surface area (Å²) in [6.07, 6.45) is -5.03. The first kappa shape index (κ1) is 21.9. The Kier molecular flexibility index (Phi) is 5.77. The second kappa shape index (κ2) is 8.16. The zero-order chi connectivity index (χ0) is 22.9. The van der Waals surface area contributed by atoms with Gasteiger partial charge < -0.3 is 13.9 Å². The van der Waals surface area contributed by atoms with Gasteiger partial charge in [-0.05, 0) is 25.1 Å². The molecule has 3 aromatic rings. The lowest BCUT2D eigenvalue weighted by Crippen LogP contribution is -2.10. The number of methoxy groups -OCH3 is 1. The van der Waals surface area contributed by atoms with E-state index in [2.05, 4.69) is 20.0 Å². The number of rotatable bonds is 7. The molecule has 0 bridgehead atoms. The van der Waals surface area contributed by atoms with Gasteiger partial charge in [0.25, 0.3) is 0 Å². The Morgan fingerprint density at radius 3 is 2.52 bits per heavy atom. The van der Waals surface area contributed by atoms with Gasteiger partial charge >= 0.3 is 18.5 Å². The molecule has 0 amide bonds. The number of benzene rings is 1. The lowest BCUT2D eigenvalue weighted by Gasteiger charge is -2.10. The molecule has 0 saturated carbocycles. The van der Waals surface area contributed by atoms with E-state index in [1.807, 2.05) is 0 Å². The minimum Gasteiger partial charge on any atom is -0.493 e. The minimum absolute atomic E-state index is 0.0501. The fraction of sp³-hybridized carbons (Fsp3) is 0.312. The number of alkyl halides is 5. The number of ether oxygens (including phenoxy) is 2. The summed E-state index contributed by atoms with van der Waals surface area (Å²) >= 11 is 0. The van der Waals surface area contributed by atoms with Crippen LogP contribution in [0, 0.1) is 17.0 Å². The second-order valence-corrected chi connectivity index (χ2v) is 5.94. The van der Waals surface area contributed by atoms with Crippen LogP contribution in [-0.4, -0.2) is 38.6 Å². The summed E-state index contributed by atoms with van der Waals surface area (Å²) in [6.45, 7) is -2.44. The number of nitrogens with zero attached hydrogens (tertiary/aromatic N) is 5. The third kappa shape index (κ3) is 4.54. The fourth-order valence-corrected chi connectivity index (χ4v) is 2.66. The van der Waals surface area contributed by atoms with Gasteiger partial charge in [-0.2, -0.15) is 27.1 Å². The third-order valence-electron chi connectivity index (χ3n) is 4.00. The van der Waals surface area contributed by atoms with Crippen molar-refractivity contribution in [2.75, 3.05) is 7.11 Å². The van der Waals surface area contributed by atoms with E-state index in [1.54, 1.807) is 0 Å². The maximum atomic E-state index is 13.0. The van der Waals surface area contributed by atoms with E-state index in [1.165, 1.54) is 25.3 Å². The van der Waals surface area contributed by atoms with Crippen LogP contribution in [0.25, 0.3) is 11.5 Å². The molecule has 2 heterocycles. The largest absolute Gasteiger partial charge is 0.493 e. The molecule has 2 aromatic heterocycles. The lowest BCUT2D eigenvalue weighted by atomic mass is 10.2. The highest BCUT2D eigenvalue weighted by Gasteiger charge is 2.44. The molecule has 0 unspecified atom stereocenters. The van der Waals surface area contributed by atoms with Gasteiger partial charge in [0, 0.05) is 5.56 Å². The average Bonchev–Trinajstić information content (AvgIpc) is 3.27. The molecule has 31 heavy (non-hydrogen) atoms. The highest BCUT2D eigenvalue weighted by molar-refractivity contribution is 5.59. The van der Waals surface area contributed by atoms with E-state index < -0.39 is 35.6 Å². The van der Waals surface area contributed by atoms with Crippen molar-refractivity contribution in [3.8, 4) is 23.0 Å². The number of halogens is 5. The Morgan fingerprint density at radius 1 is 1.26 bits per heavy atom. The molecule has 0 N–H and O–H groups in total. The van der Waals surface area contributed by atoms with Crippen LogP contribution in [-0.2, 0) is 12.7 Å². The molecule has 0 aliphatic rings. The summed E-state index contributed by atoms with van der Waals surface area (Å²) in [5.41, 5.74) is -2.93. The summed E-state index contributed by atoms with van der Waals surface area (Å²) < 4.78 is 79.3. The predicted molar refractivity (Wildman–Crippen MR) is 90.6 cm³/mol. The highest BCUT2D eigenvalue weighted by atomic mass is 19.4. The Morgan fingerprint density at radius 2 is 1.97 bits per heavy atom. The summed E-state index contributed by atoms with van der Waals surface area (Å²) in [6, 6.07) is 3.78. The van der Waals surface area contributed by atoms with Crippen LogP contribution in [0.3, 0.4) is 0 Å². The van der Waals surface area contributed by atoms with Gasteiger partial charge in [0.15, 0.2) is 11.5 Å². The summed E-state index contributed by atoms with van der Waals surface area (Å²) in [7, 11) is 1.22. The second-order valence-electron chi connectivity index (χ2n) is 5.94. The van der Waals surface area contributed by atoms with Gasteiger partial charge in [0.2, 0.25) is 17.5 Å². The first-order chi connectivity index (χ1) is 14.5. The molecule has 1 aromatic carbocycles. The van der Waals surface area contributed by atoms with E-state index in [0.29, 0.717) is 0 Å². The molecule has 15 heteroatoms. The molecule has 0 spiro atoms. The van der Waals surface area contributed by atoms with E-state index in [-0.39, 0.29) is 34.5 Å². The van der Waals surface area contributed by atoms with E-state index in [9.17, 15) is 32.1 Å². The van der Waals surface area contributed by atoms with E-state index >= 15 is 0 Å². The van der Waals surface area contributed by atoms with Gasteiger partial charge in [-0.25, -0.2) is 0 Å². The summed E-state index contributed by atoms with van der Waals surface area (Å²) in [4.78, 5) is 9.86. The molecule has 0 aliphatic carbocycles. The monoisotopic (exact) mass is 449 g/mol. The Labute approximate surface area is 169 Å². The SMILES string of the molecule is COc1cc(-c2nnc(Cn3nc(C(F)(F)F)c([N+](=O)[O-])c3C)o2)ccc1OC(F)F. The van der Waals surface area contributed by atoms with Crippen LogP contribution in [0.5, 0.6) is 11.5 Å². The molecule has 0 radical (unpaired) electrons. The van der Waals surface area contributed by atoms with Gasteiger partial charge in [-0.3, -0.25) is 14.8 Å². The minimum atomic E-state index is -5.03. The molecule has 10 nitrogen and oxygen atoms in total. The first-order valence-electron chi connectivity index (χ1n) is 8.25. The molecule has 0 fully saturated rings. The van der Waals surface area contributed by atoms with Crippen LogP contribution in [0.2, 0.25) is 0 Å². The van der Waals surface area contributed by atoms with Crippen LogP contribution in [0.15, 0.2) is 22.6 Å².